The molecule has 2 aromatic rings. The summed E-state index contributed by atoms with van der Waals surface area (Å²) in [4.78, 5) is 11.9. The molecule has 26 heavy (non-hydrogen) atoms. The van der Waals surface area contributed by atoms with Gasteiger partial charge in [-0.2, -0.15) is 8.42 Å². The van der Waals surface area contributed by atoms with Gasteiger partial charge in [0.2, 0.25) is 0 Å². The molecular weight excluding hydrogens is 373 g/mol. The molecule has 138 valence electrons. The van der Waals surface area contributed by atoms with E-state index in [1.807, 2.05) is 0 Å². The number of nitrogens with zero attached hydrogens (tertiary/aromatic N) is 1. The summed E-state index contributed by atoms with van der Waals surface area (Å²) in [6.07, 6.45) is -1.29. The van der Waals surface area contributed by atoms with Gasteiger partial charge in [0.1, 0.15) is 0 Å². The Kier molecular flexibility index (Phi) is 6.16. The molecule has 0 aliphatic carbocycles. The number of carbonyl (C=O) groups excluding carboxylic acids is 1. The van der Waals surface area contributed by atoms with Crippen molar-refractivity contribution in [1.29, 1.82) is 0 Å². The summed E-state index contributed by atoms with van der Waals surface area (Å²) < 4.78 is 43.9. The van der Waals surface area contributed by atoms with Crippen molar-refractivity contribution in [2.24, 2.45) is 9.78 Å². The number of rotatable bonds is 4. The van der Waals surface area contributed by atoms with Gasteiger partial charge in [-0.25, -0.2) is 4.79 Å². The molecular formula is C18H20NO5PS. The molecule has 0 spiro atoms. The van der Waals surface area contributed by atoms with Crippen LogP contribution in [-0.4, -0.2) is 20.4 Å². The van der Waals surface area contributed by atoms with Gasteiger partial charge in [-0.05, 0) is 0 Å². The van der Waals surface area contributed by atoms with Crippen LogP contribution in [0.4, 0.5) is 4.79 Å². The zero-order valence-corrected chi connectivity index (χ0v) is 16.4. The van der Waals surface area contributed by atoms with E-state index in [9.17, 15) is 17.8 Å². The third-order valence-electron chi connectivity index (χ3n) is 3.71. The number of carbonyl (C=O) groups is 1. The molecule has 8 heteroatoms. The summed E-state index contributed by atoms with van der Waals surface area (Å²) in [6, 6.07) is 17.5. The van der Waals surface area contributed by atoms with Crippen LogP contribution in [0, 0.1) is 5.41 Å². The van der Waals surface area contributed by atoms with Crippen molar-refractivity contribution in [1.82, 2.24) is 0 Å². The zero-order valence-electron chi connectivity index (χ0n) is 14.7. The first kappa shape index (κ1) is 20.1. The van der Waals surface area contributed by atoms with Crippen molar-refractivity contribution in [3.8, 4) is 0 Å². The third kappa shape index (κ3) is 4.48. The number of amides is 1. The van der Waals surface area contributed by atoms with Gasteiger partial charge in [0.15, 0.2) is 13.0 Å². The minimum absolute atomic E-state index is 0.516. The van der Waals surface area contributed by atoms with Crippen molar-refractivity contribution >= 4 is 34.3 Å². The van der Waals surface area contributed by atoms with Crippen molar-refractivity contribution in [3.63, 3.8) is 0 Å². The van der Waals surface area contributed by atoms with Crippen molar-refractivity contribution < 1.29 is 22.5 Å². The maximum atomic E-state index is 14.3. The largest absolute Gasteiger partial charge is 0.449 e. The van der Waals surface area contributed by atoms with Crippen LogP contribution in [0.1, 0.15) is 20.8 Å². The molecule has 2 rings (SSSR count). The van der Waals surface area contributed by atoms with E-state index in [4.69, 9.17) is 4.74 Å². The minimum atomic E-state index is -3.46. The van der Waals surface area contributed by atoms with Gasteiger partial charge in [-0.3, -0.25) is 0 Å². The topological polar surface area (TPSA) is 89.9 Å². The first-order valence-corrected chi connectivity index (χ1v) is 10.7. The third-order valence-corrected chi connectivity index (χ3v) is 7.68. The monoisotopic (exact) mass is 393 g/mol. The molecule has 0 saturated heterocycles. The summed E-state index contributed by atoms with van der Waals surface area (Å²) in [6.45, 7) is 5.33. The van der Waals surface area contributed by atoms with Crippen LogP contribution >= 0.6 is 7.14 Å². The molecule has 0 fully saturated rings. The molecule has 0 heterocycles. The van der Waals surface area contributed by atoms with E-state index in [-0.39, 0.29) is 0 Å². The predicted molar refractivity (Wildman–Crippen MR) is 101 cm³/mol. The van der Waals surface area contributed by atoms with E-state index in [1.54, 1.807) is 81.4 Å². The fourth-order valence-corrected chi connectivity index (χ4v) is 6.26. The molecule has 2 aromatic carbocycles. The average Bonchev–Trinajstić information content (AvgIpc) is 2.59. The van der Waals surface area contributed by atoms with Gasteiger partial charge in [-0.15, -0.1) is 0 Å². The number of hydrogen-bond acceptors (Lipinski definition) is 5. The second-order valence-corrected chi connectivity index (χ2v) is 10.2. The first-order chi connectivity index (χ1) is 12.2. The van der Waals surface area contributed by atoms with E-state index in [0.29, 0.717) is 10.6 Å². The van der Waals surface area contributed by atoms with E-state index in [0.717, 1.165) is 0 Å². The Bertz CT molecular complexity index is 899. The second-order valence-electron chi connectivity index (χ2n) is 6.74. The Balaban J connectivity index is 2.70. The molecule has 1 amide bonds. The highest BCUT2D eigenvalue weighted by Gasteiger charge is 2.46. The lowest BCUT2D eigenvalue weighted by Gasteiger charge is -2.36. The van der Waals surface area contributed by atoms with Crippen LogP contribution in [-0.2, 0) is 19.8 Å². The lowest BCUT2D eigenvalue weighted by atomic mass is 9.98. The van der Waals surface area contributed by atoms with Gasteiger partial charge in [0.05, 0.1) is 0 Å². The number of benzene rings is 2. The van der Waals surface area contributed by atoms with Crippen LogP contribution in [0.25, 0.3) is 0 Å². The Labute approximate surface area is 154 Å². The van der Waals surface area contributed by atoms with Crippen LogP contribution in [0.2, 0.25) is 0 Å². The van der Waals surface area contributed by atoms with Gasteiger partial charge in [0.25, 0.3) is 0 Å². The molecule has 1 unspecified atom stereocenters. The Morgan fingerprint density at radius 1 is 0.962 bits per heavy atom. The lowest BCUT2D eigenvalue weighted by Crippen LogP contribution is -2.38. The fraction of sp³-hybridized carbons (Fsp3) is 0.278. The van der Waals surface area contributed by atoms with E-state index >= 15 is 0 Å². The second kappa shape index (κ2) is 7.98. The highest BCUT2D eigenvalue weighted by Crippen LogP contribution is 2.55. The maximum absolute atomic E-state index is 14.3. The van der Waals surface area contributed by atoms with E-state index < -0.39 is 35.0 Å². The summed E-state index contributed by atoms with van der Waals surface area (Å²) in [5.74, 6) is -1.10. The van der Waals surface area contributed by atoms with Crippen LogP contribution in [0.3, 0.4) is 0 Å². The highest BCUT2D eigenvalue weighted by atomic mass is 32.2. The lowest BCUT2D eigenvalue weighted by molar-refractivity contribution is 0.0879. The summed E-state index contributed by atoms with van der Waals surface area (Å²) >= 11 is 0. The van der Waals surface area contributed by atoms with Gasteiger partial charge < -0.3 is 9.30 Å². The van der Waals surface area contributed by atoms with E-state index in [1.165, 1.54) is 0 Å². The standard InChI is InChI=1S/C18H20NO5PS/c1-18(2,3)16(24-17(20)19-26(22)23)25(21,14-10-6-4-7-11-14)15-12-8-5-9-13-15/h4-13,16H,1-3H3. The Morgan fingerprint density at radius 2 is 1.38 bits per heavy atom. The van der Waals surface area contributed by atoms with Gasteiger partial charge in [0, 0.05) is 16.0 Å². The smallest absolute Gasteiger partial charge is 0.435 e. The van der Waals surface area contributed by atoms with Crippen molar-refractivity contribution in [2.75, 3.05) is 0 Å². The van der Waals surface area contributed by atoms with Crippen molar-refractivity contribution in [3.05, 3.63) is 60.7 Å². The predicted octanol–water partition coefficient (Wildman–Crippen LogP) is 3.57. The quantitative estimate of drug-likeness (QED) is 0.741. The Hall–Kier alpha value is -2.24. The van der Waals surface area contributed by atoms with E-state index in [2.05, 4.69) is 4.36 Å². The summed E-state index contributed by atoms with van der Waals surface area (Å²) in [5.41, 5.74) is -0.739. The number of ether oxygens (including phenoxy) is 1. The zero-order chi connectivity index (χ0) is 19.4. The molecule has 0 bridgehead atoms. The molecule has 0 saturated carbocycles. The fourth-order valence-electron chi connectivity index (χ4n) is 2.69. The summed E-state index contributed by atoms with van der Waals surface area (Å²) in [7, 11) is -6.40. The average molecular weight is 393 g/mol. The number of hydrogen-bond donors (Lipinski definition) is 0. The normalized spacial score (nSPS) is 12.9. The molecule has 0 aromatic heterocycles. The Morgan fingerprint density at radius 3 is 1.73 bits per heavy atom. The summed E-state index contributed by atoms with van der Waals surface area (Å²) in [5, 5.41) is 1.03. The van der Waals surface area contributed by atoms with Crippen molar-refractivity contribution in [2.45, 2.75) is 26.6 Å². The molecule has 6 nitrogen and oxygen atoms in total. The molecule has 0 radical (unpaired) electrons. The molecule has 0 aliphatic heterocycles. The SMILES string of the molecule is CC(C)(C)C(OC(=O)N=S(=O)=O)P(=O)(c1ccccc1)c1ccccc1. The van der Waals surface area contributed by atoms with Crippen LogP contribution in [0.5, 0.6) is 0 Å². The van der Waals surface area contributed by atoms with Crippen LogP contribution < -0.4 is 10.6 Å². The first-order valence-electron chi connectivity index (χ1n) is 7.88. The van der Waals surface area contributed by atoms with Gasteiger partial charge in [-0.1, -0.05) is 85.8 Å². The molecule has 0 N–H and O–H groups in total. The molecule has 0 aliphatic rings. The highest BCUT2D eigenvalue weighted by molar-refractivity contribution is 7.79. The maximum Gasteiger partial charge on any atom is 0.449 e. The van der Waals surface area contributed by atoms with Crippen LogP contribution in [0.15, 0.2) is 65.0 Å². The molecule has 1 atom stereocenters. The minimum Gasteiger partial charge on any atom is -0.435 e. The van der Waals surface area contributed by atoms with Gasteiger partial charge >= 0.3 is 16.6 Å².